The topological polar surface area (TPSA) is 29.1 Å². The number of carbonyl (C=O) groups is 1. The Labute approximate surface area is 124 Å². The van der Waals surface area contributed by atoms with Crippen LogP contribution in [-0.2, 0) is 4.79 Å². The third kappa shape index (κ3) is 2.61. The molecule has 0 aromatic heterocycles. The molecule has 102 valence electrons. The average Bonchev–Trinajstić information content (AvgIpc) is 2.65. The molecule has 0 bridgehead atoms. The van der Waals surface area contributed by atoms with E-state index in [1.807, 2.05) is 43.3 Å². The van der Waals surface area contributed by atoms with Crippen molar-refractivity contribution in [3.05, 3.63) is 64.2 Å². The van der Waals surface area contributed by atoms with Crippen LogP contribution in [-0.4, -0.2) is 5.91 Å². The van der Waals surface area contributed by atoms with Gasteiger partial charge in [-0.2, -0.15) is 0 Å². The molecule has 1 heterocycles. The molecule has 0 aliphatic carbocycles. The molecule has 1 N–H and O–H groups in total. The lowest BCUT2D eigenvalue weighted by molar-refractivity contribution is -0.110. The van der Waals surface area contributed by atoms with Gasteiger partial charge >= 0.3 is 0 Å². The van der Waals surface area contributed by atoms with Crippen LogP contribution in [0.4, 0.5) is 5.69 Å². The Kier molecular flexibility index (Phi) is 3.96. The Hall–Kier alpha value is -2.06. The minimum atomic E-state index is -0.0845. The summed E-state index contributed by atoms with van der Waals surface area (Å²) in [5.41, 5.74) is 4.54. The van der Waals surface area contributed by atoms with E-state index in [0.717, 1.165) is 16.8 Å². The van der Waals surface area contributed by atoms with Gasteiger partial charge in [-0.3, -0.25) is 4.79 Å². The number of aryl methyl sites for hydroxylation is 1. The van der Waals surface area contributed by atoms with Crippen molar-refractivity contribution < 1.29 is 4.79 Å². The Morgan fingerprint density at radius 3 is 2.70 bits per heavy atom. The summed E-state index contributed by atoms with van der Waals surface area (Å²) in [6.07, 6.45) is 1.90. The summed E-state index contributed by atoms with van der Waals surface area (Å²) in [5.74, 6) is -0.0845. The van der Waals surface area contributed by atoms with Gasteiger partial charge in [0.15, 0.2) is 0 Å². The van der Waals surface area contributed by atoms with Gasteiger partial charge < -0.3 is 5.32 Å². The van der Waals surface area contributed by atoms with E-state index in [-0.39, 0.29) is 13.3 Å². The first kappa shape index (κ1) is 14.4. The molecule has 3 heteroatoms. The Morgan fingerprint density at radius 2 is 1.95 bits per heavy atom. The molecule has 0 saturated heterocycles. The second-order valence-electron chi connectivity index (χ2n) is 4.62. The number of rotatable bonds is 1. The molecule has 20 heavy (non-hydrogen) atoms. The molecule has 1 aliphatic rings. The van der Waals surface area contributed by atoms with Crippen molar-refractivity contribution >= 4 is 34.8 Å². The van der Waals surface area contributed by atoms with Crippen molar-refractivity contribution in [1.82, 2.24) is 0 Å². The molecule has 0 fully saturated rings. The van der Waals surface area contributed by atoms with Gasteiger partial charge in [0.1, 0.15) is 0 Å². The van der Waals surface area contributed by atoms with Crippen LogP contribution in [0.1, 0.15) is 24.1 Å². The molecule has 2 aromatic rings. The highest BCUT2D eigenvalue weighted by molar-refractivity contribution is 6.36. The Bertz CT molecular complexity index is 704. The third-order valence-corrected chi connectivity index (χ3v) is 3.35. The molecule has 0 radical (unpaired) electrons. The van der Waals surface area contributed by atoms with Gasteiger partial charge in [0.25, 0.3) is 5.91 Å². The second-order valence-corrected chi connectivity index (χ2v) is 5.05. The number of nitrogens with one attached hydrogen (secondary N) is 1. The van der Waals surface area contributed by atoms with Crippen molar-refractivity contribution in [1.29, 1.82) is 0 Å². The number of fused-ring (bicyclic) bond motifs is 1. The van der Waals surface area contributed by atoms with E-state index < -0.39 is 0 Å². The SMILES string of the molecule is C.Cc1cccc(C=C2C(=O)Nc3cc(Cl)ccc32)c1. The zero-order valence-corrected chi connectivity index (χ0v) is 11.2. The van der Waals surface area contributed by atoms with Crippen LogP contribution in [0.25, 0.3) is 11.6 Å². The number of benzene rings is 2. The summed E-state index contributed by atoms with van der Waals surface area (Å²) in [6.45, 7) is 2.03. The van der Waals surface area contributed by atoms with E-state index in [4.69, 9.17) is 11.6 Å². The summed E-state index contributed by atoms with van der Waals surface area (Å²) < 4.78 is 0. The molecule has 2 aromatic carbocycles. The third-order valence-electron chi connectivity index (χ3n) is 3.12. The van der Waals surface area contributed by atoms with Crippen LogP contribution >= 0.6 is 11.6 Å². The number of carbonyl (C=O) groups excluding carboxylic acids is 1. The zero-order valence-electron chi connectivity index (χ0n) is 10.4. The smallest absolute Gasteiger partial charge is 0.256 e. The average molecular weight is 286 g/mol. The number of hydrogen-bond acceptors (Lipinski definition) is 1. The van der Waals surface area contributed by atoms with E-state index in [1.165, 1.54) is 5.56 Å². The predicted octanol–water partition coefficient (Wildman–Crippen LogP) is 4.78. The lowest BCUT2D eigenvalue weighted by atomic mass is 10.0. The first-order valence-electron chi connectivity index (χ1n) is 6.03. The number of anilines is 1. The number of amides is 1. The molecular weight excluding hydrogens is 270 g/mol. The van der Waals surface area contributed by atoms with Gasteiger partial charge in [0.2, 0.25) is 0 Å². The van der Waals surface area contributed by atoms with Crippen LogP contribution < -0.4 is 5.32 Å². The largest absolute Gasteiger partial charge is 0.321 e. The monoisotopic (exact) mass is 285 g/mol. The van der Waals surface area contributed by atoms with E-state index >= 15 is 0 Å². The quantitative estimate of drug-likeness (QED) is 0.751. The fourth-order valence-corrected chi connectivity index (χ4v) is 2.41. The summed E-state index contributed by atoms with van der Waals surface area (Å²) in [5, 5.41) is 3.45. The maximum atomic E-state index is 12.0. The lowest BCUT2D eigenvalue weighted by Gasteiger charge is -2.00. The molecule has 0 spiro atoms. The highest BCUT2D eigenvalue weighted by Crippen LogP contribution is 2.34. The van der Waals surface area contributed by atoms with Gasteiger partial charge in [-0.15, -0.1) is 0 Å². The van der Waals surface area contributed by atoms with E-state index in [2.05, 4.69) is 5.32 Å². The maximum absolute atomic E-state index is 12.0. The van der Waals surface area contributed by atoms with Crippen molar-refractivity contribution in [3.63, 3.8) is 0 Å². The number of halogens is 1. The Balaban J connectivity index is 0.00000147. The van der Waals surface area contributed by atoms with Gasteiger partial charge in [0.05, 0.1) is 5.69 Å². The Morgan fingerprint density at radius 1 is 1.15 bits per heavy atom. The summed E-state index contributed by atoms with van der Waals surface area (Å²) >= 11 is 5.93. The van der Waals surface area contributed by atoms with Gasteiger partial charge in [-0.1, -0.05) is 54.9 Å². The van der Waals surface area contributed by atoms with Gasteiger partial charge in [-0.05, 0) is 30.7 Å². The normalized spacial score (nSPS) is 14.7. The molecule has 0 atom stereocenters. The van der Waals surface area contributed by atoms with E-state index in [1.54, 1.807) is 12.1 Å². The van der Waals surface area contributed by atoms with Gasteiger partial charge in [0, 0.05) is 16.2 Å². The minimum absolute atomic E-state index is 0. The van der Waals surface area contributed by atoms with Crippen molar-refractivity contribution in [2.45, 2.75) is 14.4 Å². The zero-order chi connectivity index (χ0) is 13.4. The standard InChI is InChI=1S/C16H12ClNO.CH4/c1-10-3-2-4-11(7-10)8-14-13-6-5-12(17)9-15(13)18-16(14)19;/h2-9H,1H3,(H,18,19);1H4. The molecule has 0 saturated carbocycles. The van der Waals surface area contributed by atoms with Crippen LogP contribution in [0.3, 0.4) is 0 Å². The molecule has 2 nitrogen and oxygen atoms in total. The minimum Gasteiger partial charge on any atom is -0.321 e. The second kappa shape index (κ2) is 5.51. The summed E-state index contributed by atoms with van der Waals surface area (Å²) in [7, 11) is 0. The van der Waals surface area contributed by atoms with Crippen molar-refractivity contribution in [2.75, 3.05) is 5.32 Å². The van der Waals surface area contributed by atoms with E-state index in [9.17, 15) is 4.79 Å². The highest BCUT2D eigenvalue weighted by atomic mass is 35.5. The van der Waals surface area contributed by atoms with Crippen molar-refractivity contribution in [3.8, 4) is 0 Å². The van der Waals surface area contributed by atoms with Crippen LogP contribution in [0, 0.1) is 6.92 Å². The summed E-state index contributed by atoms with van der Waals surface area (Å²) in [6, 6.07) is 13.5. The maximum Gasteiger partial charge on any atom is 0.256 e. The van der Waals surface area contributed by atoms with E-state index in [0.29, 0.717) is 10.6 Å². The fraction of sp³-hybridized carbons (Fsp3) is 0.118. The molecule has 1 aliphatic heterocycles. The molecule has 0 unspecified atom stereocenters. The van der Waals surface area contributed by atoms with Crippen LogP contribution in [0.5, 0.6) is 0 Å². The first-order valence-corrected chi connectivity index (χ1v) is 6.41. The van der Waals surface area contributed by atoms with Crippen molar-refractivity contribution in [2.24, 2.45) is 0 Å². The molecular formula is C17H16ClNO. The fourth-order valence-electron chi connectivity index (χ4n) is 2.24. The van der Waals surface area contributed by atoms with Crippen LogP contribution in [0.15, 0.2) is 42.5 Å². The summed E-state index contributed by atoms with van der Waals surface area (Å²) in [4.78, 5) is 12.0. The molecule has 3 rings (SSSR count). The number of hydrogen-bond donors (Lipinski definition) is 1. The predicted molar refractivity (Wildman–Crippen MR) is 85.9 cm³/mol. The lowest BCUT2D eigenvalue weighted by Crippen LogP contribution is -2.03. The van der Waals surface area contributed by atoms with Gasteiger partial charge in [-0.25, -0.2) is 0 Å². The first-order chi connectivity index (χ1) is 9.13. The van der Waals surface area contributed by atoms with Crippen LogP contribution in [0.2, 0.25) is 5.02 Å². The highest BCUT2D eigenvalue weighted by Gasteiger charge is 2.23. The molecule has 1 amide bonds.